The summed E-state index contributed by atoms with van der Waals surface area (Å²) in [6.45, 7) is 0. The van der Waals surface area contributed by atoms with Crippen molar-refractivity contribution in [1.29, 1.82) is 0 Å². The number of benzene rings is 2. The van der Waals surface area contributed by atoms with Crippen molar-refractivity contribution >= 4 is 27.4 Å². The highest BCUT2D eigenvalue weighted by Gasteiger charge is 2.18. The van der Waals surface area contributed by atoms with Gasteiger partial charge in [-0.25, -0.2) is 10.9 Å². The van der Waals surface area contributed by atoms with Crippen LogP contribution in [0.15, 0.2) is 53.4 Å². The second-order valence-corrected chi connectivity index (χ2v) is 5.63. The normalized spacial score (nSPS) is 11.1. The van der Waals surface area contributed by atoms with Crippen molar-refractivity contribution in [1.82, 2.24) is 0 Å². The molecule has 1 amide bonds. The zero-order chi connectivity index (χ0) is 15.6. The van der Waals surface area contributed by atoms with E-state index >= 15 is 0 Å². The summed E-state index contributed by atoms with van der Waals surface area (Å²) in [5, 5.41) is 0.847. The highest BCUT2D eigenvalue weighted by Crippen LogP contribution is 2.24. The van der Waals surface area contributed by atoms with Crippen molar-refractivity contribution < 1.29 is 17.8 Å². The predicted octanol–water partition coefficient (Wildman–Crippen LogP) is 1.04. The Morgan fingerprint density at radius 3 is 2.24 bits per heavy atom. The molecule has 8 heteroatoms. The fourth-order valence-corrected chi connectivity index (χ4v) is 2.35. The second-order valence-electron chi connectivity index (χ2n) is 4.24. The molecule has 0 aliphatic carbocycles. The lowest BCUT2D eigenvalue weighted by atomic mass is 10.2. The number of amides is 1. The minimum absolute atomic E-state index is 0.202. The van der Waals surface area contributed by atoms with E-state index in [0.717, 1.165) is 11.1 Å². The third kappa shape index (κ3) is 3.19. The molecule has 0 fully saturated rings. The van der Waals surface area contributed by atoms with Crippen LogP contribution in [0.4, 0.5) is 11.4 Å². The van der Waals surface area contributed by atoms with Crippen molar-refractivity contribution in [2.75, 3.05) is 10.7 Å². The number of nitrogens with zero attached hydrogens (tertiary/aromatic N) is 1. The van der Waals surface area contributed by atoms with Crippen LogP contribution in [0.25, 0.3) is 0 Å². The van der Waals surface area contributed by atoms with Crippen LogP contribution in [0.5, 0.6) is 0 Å². The van der Waals surface area contributed by atoms with Crippen LogP contribution < -0.4 is 16.6 Å². The fraction of sp³-hybridized carbons (Fsp3) is 0. The summed E-state index contributed by atoms with van der Waals surface area (Å²) in [5.74, 6) is 5.24. The van der Waals surface area contributed by atoms with Gasteiger partial charge in [0.2, 0.25) is 0 Å². The SMILES string of the molecule is Nc1cc(N(N)C(=O)c2ccccc2)ccc1S(=O)(=O)O. The van der Waals surface area contributed by atoms with Gasteiger partial charge in [-0.15, -0.1) is 0 Å². The summed E-state index contributed by atoms with van der Waals surface area (Å²) in [4.78, 5) is 11.7. The molecule has 0 saturated carbocycles. The molecule has 7 nitrogen and oxygen atoms in total. The van der Waals surface area contributed by atoms with E-state index in [9.17, 15) is 13.2 Å². The topological polar surface area (TPSA) is 127 Å². The first kappa shape index (κ1) is 15.0. The largest absolute Gasteiger partial charge is 0.398 e. The van der Waals surface area contributed by atoms with Crippen LogP contribution in [-0.4, -0.2) is 18.9 Å². The molecule has 0 aliphatic rings. The van der Waals surface area contributed by atoms with Crippen LogP contribution in [0, 0.1) is 0 Å². The maximum atomic E-state index is 12.1. The minimum Gasteiger partial charge on any atom is -0.398 e. The summed E-state index contributed by atoms with van der Waals surface area (Å²) in [6.07, 6.45) is 0. The lowest BCUT2D eigenvalue weighted by Crippen LogP contribution is -2.37. The number of hydrazine groups is 1. The van der Waals surface area contributed by atoms with Crippen molar-refractivity contribution in [3.63, 3.8) is 0 Å². The number of hydrogen-bond acceptors (Lipinski definition) is 5. The fourth-order valence-electron chi connectivity index (χ4n) is 1.76. The van der Waals surface area contributed by atoms with Gasteiger partial charge in [0.15, 0.2) is 0 Å². The molecule has 0 atom stereocenters. The van der Waals surface area contributed by atoms with Crippen LogP contribution in [0.2, 0.25) is 0 Å². The van der Waals surface area contributed by atoms with Gasteiger partial charge in [0.1, 0.15) is 4.90 Å². The predicted molar refractivity (Wildman–Crippen MR) is 78.1 cm³/mol. The molecular weight excluding hydrogens is 294 g/mol. The first-order chi connectivity index (χ1) is 9.80. The smallest absolute Gasteiger partial charge is 0.296 e. The molecule has 110 valence electrons. The molecule has 0 spiro atoms. The molecule has 0 saturated heterocycles. The number of rotatable bonds is 3. The molecular formula is C13H13N3O4S. The Hall–Kier alpha value is -2.42. The summed E-state index contributed by atoms with van der Waals surface area (Å²) < 4.78 is 31.1. The van der Waals surface area contributed by atoms with E-state index in [4.69, 9.17) is 16.1 Å². The highest BCUT2D eigenvalue weighted by atomic mass is 32.2. The standard InChI is InChI=1S/C13H13N3O4S/c14-11-8-10(6-7-12(11)21(18,19)20)16(15)13(17)9-4-2-1-3-5-9/h1-8H,14-15H2,(H,18,19,20). The highest BCUT2D eigenvalue weighted by molar-refractivity contribution is 7.86. The van der Waals surface area contributed by atoms with E-state index in [2.05, 4.69) is 0 Å². The van der Waals surface area contributed by atoms with E-state index in [1.807, 2.05) is 0 Å². The van der Waals surface area contributed by atoms with Gasteiger partial charge in [-0.3, -0.25) is 9.35 Å². The monoisotopic (exact) mass is 307 g/mol. The Balaban J connectivity index is 2.35. The molecule has 2 rings (SSSR count). The molecule has 5 N–H and O–H groups in total. The molecule has 0 unspecified atom stereocenters. The third-order valence-electron chi connectivity index (χ3n) is 2.79. The first-order valence-corrected chi connectivity index (χ1v) is 7.26. The molecule has 0 aliphatic heterocycles. The Bertz CT molecular complexity index is 775. The molecule has 21 heavy (non-hydrogen) atoms. The Morgan fingerprint density at radius 2 is 1.71 bits per heavy atom. The Kier molecular flexibility index (Phi) is 3.94. The summed E-state index contributed by atoms with van der Waals surface area (Å²) in [6, 6.07) is 11.9. The maximum absolute atomic E-state index is 12.1. The molecule has 0 bridgehead atoms. The van der Waals surface area contributed by atoms with Crippen LogP contribution in [0.1, 0.15) is 10.4 Å². The van der Waals surface area contributed by atoms with Gasteiger partial charge in [0, 0.05) is 5.56 Å². The van der Waals surface area contributed by atoms with Gasteiger partial charge in [-0.1, -0.05) is 18.2 Å². The lowest BCUT2D eigenvalue weighted by molar-refractivity contribution is 0.0987. The van der Waals surface area contributed by atoms with Gasteiger partial charge in [0.25, 0.3) is 16.0 Å². The average Bonchev–Trinajstić information content (AvgIpc) is 2.45. The Labute approximate surface area is 121 Å². The van der Waals surface area contributed by atoms with Gasteiger partial charge in [0.05, 0.1) is 11.4 Å². The number of nitrogen functional groups attached to an aromatic ring is 1. The zero-order valence-electron chi connectivity index (χ0n) is 10.8. The Morgan fingerprint density at radius 1 is 1.10 bits per heavy atom. The van der Waals surface area contributed by atoms with Gasteiger partial charge >= 0.3 is 0 Å². The molecule has 0 radical (unpaired) electrons. The van der Waals surface area contributed by atoms with Crippen LogP contribution in [0.3, 0.4) is 0 Å². The number of carbonyl (C=O) groups excluding carboxylic acids is 1. The lowest BCUT2D eigenvalue weighted by Gasteiger charge is -2.17. The van der Waals surface area contributed by atoms with Crippen molar-refractivity contribution in [3.8, 4) is 0 Å². The number of carbonyl (C=O) groups is 1. The van der Waals surface area contributed by atoms with Crippen molar-refractivity contribution in [2.24, 2.45) is 5.84 Å². The summed E-state index contributed by atoms with van der Waals surface area (Å²) in [7, 11) is -4.42. The van der Waals surface area contributed by atoms with Crippen molar-refractivity contribution in [2.45, 2.75) is 4.90 Å². The van der Waals surface area contributed by atoms with E-state index in [0.29, 0.717) is 5.56 Å². The number of anilines is 2. The molecule has 2 aromatic rings. The van der Waals surface area contributed by atoms with E-state index in [1.165, 1.54) is 12.1 Å². The average molecular weight is 307 g/mol. The van der Waals surface area contributed by atoms with Crippen LogP contribution >= 0.6 is 0 Å². The van der Waals surface area contributed by atoms with E-state index in [1.54, 1.807) is 30.3 Å². The van der Waals surface area contributed by atoms with Crippen molar-refractivity contribution in [3.05, 3.63) is 54.1 Å². The van der Waals surface area contributed by atoms with E-state index < -0.39 is 20.9 Å². The quantitative estimate of drug-likeness (QED) is 0.255. The van der Waals surface area contributed by atoms with Gasteiger partial charge in [-0.2, -0.15) is 8.42 Å². The number of nitrogens with two attached hydrogens (primary N) is 2. The minimum atomic E-state index is -4.42. The van der Waals surface area contributed by atoms with Crippen LogP contribution in [-0.2, 0) is 10.1 Å². The van der Waals surface area contributed by atoms with Gasteiger partial charge < -0.3 is 5.73 Å². The van der Waals surface area contributed by atoms with Gasteiger partial charge in [-0.05, 0) is 30.3 Å². The summed E-state index contributed by atoms with van der Waals surface area (Å²) in [5.41, 5.74) is 5.92. The maximum Gasteiger partial charge on any atom is 0.296 e. The first-order valence-electron chi connectivity index (χ1n) is 5.82. The molecule has 0 heterocycles. The zero-order valence-corrected chi connectivity index (χ0v) is 11.6. The molecule has 2 aromatic carbocycles. The van der Waals surface area contributed by atoms with E-state index in [-0.39, 0.29) is 11.4 Å². The second kappa shape index (κ2) is 5.52. The number of hydrogen-bond donors (Lipinski definition) is 3. The third-order valence-corrected chi connectivity index (χ3v) is 3.72. The molecule has 0 aromatic heterocycles. The summed E-state index contributed by atoms with van der Waals surface area (Å²) >= 11 is 0.